The lowest BCUT2D eigenvalue weighted by atomic mass is 10.2. The van der Waals surface area contributed by atoms with E-state index in [1.165, 1.54) is 7.11 Å². The molecule has 1 atom stereocenters. The third kappa shape index (κ3) is 2.67. The molecule has 6 nitrogen and oxygen atoms in total. The fraction of sp³-hybridized carbons (Fsp3) is 0.231. The van der Waals surface area contributed by atoms with Crippen LogP contribution in [0.1, 0.15) is 17.4 Å². The Kier molecular flexibility index (Phi) is 3.41. The maximum atomic E-state index is 11.9. The van der Waals surface area contributed by atoms with Crippen molar-refractivity contribution in [3.8, 4) is 0 Å². The largest absolute Gasteiger partial charge is 0.467 e. The highest BCUT2D eigenvalue weighted by Crippen LogP contribution is 2.18. The summed E-state index contributed by atoms with van der Waals surface area (Å²) in [6, 6.07) is 6.30. The Bertz CT molecular complexity index is 633. The minimum absolute atomic E-state index is 0.368. The van der Waals surface area contributed by atoms with Crippen molar-refractivity contribution in [3.05, 3.63) is 30.0 Å². The van der Waals surface area contributed by atoms with Gasteiger partial charge in [0.2, 0.25) is 0 Å². The molecule has 1 heterocycles. The maximum absolute atomic E-state index is 11.9. The van der Waals surface area contributed by atoms with Crippen LogP contribution in [0.5, 0.6) is 0 Å². The zero-order valence-electron chi connectivity index (χ0n) is 10.7. The molecule has 1 unspecified atom stereocenters. The molecule has 1 aromatic heterocycles. The first kappa shape index (κ1) is 12.9. The molecule has 0 aliphatic rings. The summed E-state index contributed by atoms with van der Waals surface area (Å²) in [6.07, 6.45) is 0. The molecule has 19 heavy (non-hydrogen) atoms. The van der Waals surface area contributed by atoms with Crippen LogP contribution in [0.4, 0.5) is 5.69 Å². The summed E-state index contributed by atoms with van der Waals surface area (Å²) in [6.45, 7) is 1.56. The second-order valence-corrected chi connectivity index (χ2v) is 4.25. The number of anilines is 1. The Morgan fingerprint density at radius 3 is 2.79 bits per heavy atom. The number of nitrogens with two attached hydrogens (primary N) is 1. The monoisotopic (exact) mass is 261 g/mol. The molecule has 2 aromatic rings. The number of nitrogens with one attached hydrogen (secondary N) is 2. The van der Waals surface area contributed by atoms with E-state index in [-0.39, 0.29) is 5.91 Å². The number of benzene rings is 1. The second-order valence-electron chi connectivity index (χ2n) is 4.25. The van der Waals surface area contributed by atoms with Crippen molar-refractivity contribution >= 4 is 28.5 Å². The lowest BCUT2D eigenvalue weighted by molar-refractivity contribution is -0.142. The van der Waals surface area contributed by atoms with Gasteiger partial charge >= 0.3 is 5.97 Å². The molecule has 0 fully saturated rings. The van der Waals surface area contributed by atoms with E-state index in [0.29, 0.717) is 11.4 Å². The fourth-order valence-electron chi connectivity index (χ4n) is 1.78. The van der Waals surface area contributed by atoms with Gasteiger partial charge in [0.05, 0.1) is 7.11 Å². The van der Waals surface area contributed by atoms with Gasteiger partial charge in [-0.3, -0.25) is 4.79 Å². The number of aromatic amines is 1. The van der Waals surface area contributed by atoms with Gasteiger partial charge in [-0.2, -0.15) is 0 Å². The van der Waals surface area contributed by atoms with E-state index < -0.39 is 12.0 Å². The van der Waals surface area contributed by atoms with Gasteiger partial charge in [0.25, 0.3) is 5.91 Å². The first-order valence-electron chi connectivity index (χ1n) is 5.78. The van der Waals surface area contributed by atoms with E-state index in [4.69, 9.17) is 5.73 Å². The van der Waals surface area contributed by atoms with E-state index in [0.717, 1.165) is 10.9 Å². The standard InChI is InChI=1S/C13H15N3O3/c1-7(13(18)19-2)15-12(17)11-6-8-5-9(14)3-4-10(8)16-11/h3-7,16H,14H2,1-2H3,(H,15,17). The van der Waals surface area contributed by atoms with Gasteiger partial charge in [-0.1, -0.05) is 0 Å². The van der Waals surface area contributed by atoms with Crippen LogP contribution in [0.15, 0.2) is 24.3 Å². The van der Waals surface area contributed by atoms with E-state index in [1.807, 2.05) is 0 Å². The lowest BCUT2D eigenvalue weighted by Gasteiger charge is -2.10. The quantitative estimate of drug-likeness (QED) is 0.568. The average molecular weight is 261 g/mol. The van der Waals surface area contributed by atoms with E-state index in [9.17, 15) is 9.59 Å². The average Bonchev–Trinajstić information content (AvgIpc) is 2.80. The van der Waals surface area contributed by atoms with Crippen molar-refractivity contribution in [1.29, 1.82) is 0 Å². The molecule has 0 spiro atoms. The van der Waals surface area contributed by atoms with Crippen molar-refractivity contribution < 1.29 is 14.3 Å². The summed E-state index contributed by atoms with van der Waals surface area (Å²) in [5.74, 6) is -0.860. The summed E-state index contributed by atoms with van der Waals surface area (Å²) >= 11 is 0. The number of fused-ring (bicyclic) bond motifs is 1. The number of esters is 1. The number of carbonyl (C=O) groups is 2. The molecular weight excluding hydrogens is 246 g/mol. The summed E-state index contributed by atoms with van der Waals surface area (Å²) in [7, 11) is 1.27. The smallest absolute Gasteiger partial charge is 0.328 e. The predicted octanol–water partition coefficient (Wildman–Crippen LogP) is 1.04. The first-order valence-corrected chi connectivity index (χ1v) is 5.78. The van der Waals surface area contributed by atoms with Crippen LogP contribution in [-0.4, -0.2) is 30.0 Å². The van der Waals surface area contributed by atoms with Gasteiger partial charge in [-0.25, -0.2) is 4.79 Å². The number of carbonyl (C=O) groups excluding carboxylic acids is 2. The number of rotatable bonds is 3. The Hall–Kier alpha value is -2.50. The van der Waals surface area contributed by atoms with Gasteiger partial charge in [0, 0.05) is 16.6 Å². The summed E-state index contributed by atoms with van der Waals surface area (Å²) < 4.78 is 4.54. The number of hydrogen-bond acceptors (Lipinski definition) is 4. The van der Waals surface area contributed by atoms with Crippen LogP contribution in [0.3, 0.4) is 0 Å². The predicted molar refractivity (Wildman–Crippen MR) is 71.7 cm³/mol. The van der Waals surface area contributed by atoms with Crippen molar-refractivity contribution in [2.75, 3.05) is 12.8 Å². The molecular formula is C13H15N3O3. The normalized spacial score (nSPS) is 12.1. The van der Waals surface area contributed by atoms with Crippen LogP contribution in [0.25, 0.3) is 10.9 Å². The topological polar surface area (TPSA) is 97.2 Å². The van der Waals surface area contributed by atoms with E-state index in [2.05, 4.69) is 15.0 Å². The number of aromatic nitrogens is 1. The molecule has 0 saturated carbocycles. The minimum atomic E-state index is -0.700. The number of methoxy groups -OCH3 is 1. The van der Waals surface area contributed by atoms with E-state index in [1.54, 1.807) is 31.2 Å². The molecule has 2 rings (SSSR count). The zero-order valence-corrected chi connectivity index (χ0v) is 10.7. The third-order valence-electron chi connectivity index (χ3n) is 2.79. The Balaban J connectivity index is 2.20. The molecule has 0 saturated heterocycles. The molecule has 0 aliphatic carbocycles. The maximum Gasteiger partial charge on any atom is 0.328 e. The molecule has 4 N–H and O–H groups in total. The molecule has 100 valence electrons. The van der Waals surface area contributed by atoms with Gasteiger partial charge < -0.3 is 20.8 Å². The van der Waals surface area contributed by atoms with Crippen LogP contribution in [0.2, 0.25) is 0 Å². The molecule has 1 aromatic carbocycles. The number of ether oxygens (including phenoxy) is 1. The van der Waals surface area contributed by atoms with Gasteiger partial charge in [0.15, 0.2) is 0 Å². The Labute approximate surface area is 109 Å². The second kappa shape index (κ2) is 5.01. The highest BCUT2D eigenvalue weighted by atomic mass is 16.5. The van der Waals surface area contributed by atoms with Gasteiger partial charge in [0.1, 0.15) is 11.7 Å². The Morgan fingerprint density at radius 2 is 2.11 bits per heavy atom. The Morgan fingerprint density at radius 1 is 1.37 bits per heavy atom. The fourth-order valence-corrected chi connectivity index (χ4v) is 1.78. The summed E-state index contributed by atoms with van der Waals surface area (Å²) in [5.41, 5.74) is 7.48. The highest BCUT2D eigenvalue weighted by Gasteiger charge is 2.18. The lowest BCUT2D eigenvalue weighted by Crippen LogP contribution is -2.39. The number of nitrogen functional groups attached to an aromatic ring is 1. The van der Waals surface area contributed by atoms with Crippen LogP contribution < -0.4 is 11.1 Å². The number of amides is 1. The van der Waals surface area contributed by atoms with Crippen LogP contribution >= 0.6 is 0 Å². The zero-order chi connectivity index (χ0) is 14.0. The third-order valence-corrected chi connectivity index (χ3v) is 2.79. The van der Waals surface area contributed by atoms with Gasteiger partial charge in [-0.15, -0.1) is 0 Å². The van der Waals surface area contributed by atoms with Crippen molar-refractivity contribution in [2.24, 2.45) is 0 Å². The molecule has 6 heteroatoms. The van der Waals surface area contributed by atoms with Crippen molar-refractivity contribution in [1.82, 2.24) is 10.3 Å². The first-order chi connectivity index (χ1) is 9.01. The molecule has 0 bridgehead atoms. The van der Waals surface area contributed by atoms with Crippen molar-refractivity contribution in [2.45, 2.75) is 13.0 Å². The number of H-pyrrole nitrogens is 1. The van der Waals surface area contributed by atoms with Gasteiger partial charge in [-0.05, 0) is 31.2 Å². The molecule has 0 aliphatic heterocycles. The van der Waals surface area contributed by atoms with Crippen LogP contribution in [-0.2, 0) is 9.53 Å². The minimum Gasteiger partial charge on any atom is -0.467 e. The molecule has 1 amide bonds. The molecule has 0 radical (unpaired) electrons. The van der Waals surface area contributed by atoms with Crippen molar-refractivity contribution in [3.63, 3.8) is 0 Å². The number of hydrogen-bond donors (Lipinski definition) is 3. The van der Waals surface area contributed by atoms with E-state index >= 15 is 0 Å². The summed E-state index contributed by atoms with van der Waals surface area (Å²) in [4.78, 5) is 26.1. The SMILES string of the molecule is COC(=O)C(C)NC(=O)c1cc2cc(N)ccc2[nH]1. The van der Waals surface area contributed by atoms with Crippen LogP contribution in [0, 0.1) is 0 Å². The summed E-state index contributed by atoms with van der Waals surface area (Å²) in [5, 5.41) is 3.39. The highest BCUT2D eigenvalue weighted by molar-refractivity contribution is 6.00.